The Kier molecular flexibility index (Phi) is 5.33. The summed E-state index contributed by atoms with van der Waals surface area (Å²) in [6.45, 7) is 11.7. The van der Waals surface area contributed by atoms with Crippen LogP contribution in [0.15, 0.2) is 50.2 Å². The first-order valence-corrected chi connectivity index (χ1v) is 8.40. The molecule has 7 nitrogen and oxygen atoms in total. The van der Waals surface area contributed by atoms with Gasteiger partial charge in [-0.1, -0.05) is 30.8 Å². The molecule has 8 heteroatoms. The summed E-state index contributed by atoms with van der Waals surface area (Å²) in [5, 5.41) is 7.47. The molecule has 0 radical (unpaired) electrons. The maximum atomic E-state index is 12.4. The van der Waals surface area contributed by atoms with E-state index in [-0.39, 0.29) is 5.91 Å². The second kappa shape index (κ2) is 7.84. The zero-order valence-electron chi connectivity index (χ0n) is 14.4. The summed E-state index contributed by atoms with van der Waals surface area (Å²) in [6.07, 6.45) is 6.41. The summed E-state index contributed by atoms with van der Waals surface area (Å²) < 4.78 is 1.68. The number of pyridine rings is 1. The molecule has 0 aliphatic rings. The number of allylic oxidation sites excluding steroid dienone is 1. The largest absolute Gasteiger partial charge is 0.337 e. The van der Waals surface area contributed by atoms with Gasteiger partial charge in [0.15, 0.2) is 11.6 Å². The Labute approximate surface area is 161 Å². The quantitative estimate of drug-likeness (QED) is 0.478. The van der Waals surface area contributed by atoms with E-state index in [9.17, 15) is 4.79 Å². The minimum absolute atomic E-state index is 0.318. The first kappa shape index (κ1) is 18.3. The van der Waals surface area contributed by atoms with Crippen LogP contribution in [0, 0.1) is 0 Å². The molecule has 0 bridgehead atoms. The summed E-state index contributed by atoms with van der Waals surface area (Å²) in [6, 6.07) is 4.86. The van der Waals surface area contributed by atoms with Gasteiger partial charge in [0, 0.05) is 12.3 Å². The van der Waals surface area contributed by atoms with Crippen LogP contribution in [0.4, 0.5) is 5.82 Å². The number of rotatable bonds is 7. The van der Waals surface area contributed by atoms with Crippen molar-refractivity contribution in [2.75, 3.05) is 5.32 Å². The van der Waals surface area contributed by atoms with Crippen LogP contribution in [0.2, 0.25) is 5.15 Å². The number of H-pyrrole nitrogens is 1. The van der Waals surface area contributed by atoms with Gasteiger partial charge < -0.3 is 10.3 Å². The molecule has 3 rings (SSSR count). The average Bonchev–Trinajstić information content (AvgIpc) is 3.26. The van der Waals surface area contributed by atoms with E-state index < -0.39 is 0 Å². The fourth-order valence-corrected chi connectivity index (χ4v) is 2.57. The minimum Gasteiger partial charge on any atom is -0.337 e. The lowest BCUT2D eigenvalue weighted by Gasteiger charge is -2.02. The van der Waals surface area contributed by atoms with E-state index in [1.165, 1.54) is 6.20 Å². The predicted octanol–water partition coefficient (Wildman–Crippen LogP) is 4.05. The van der Waals surface area contributed by atoms with Crippen molar-refractivity contribution >= 4 is 35.5 Å². The van der Waals surface area contributed by atoms with Crippen LogP contribution in [-0.2, 0) is 6.54 Å². The van der Waals surface area contributed by atoms with E-state index in [2.05, 4.69) is 45.1 Å². The highest BCUT2D eigenvalue weighted by Crippen LogP contribution is 2.23. The molecular formula is C19H17ClN6O. The number of halogens is 1. The highest BCUT2D eigenvalue weighted by molar-refractivity contribution is 6.29. The van der Waals surface area contributed by atoms with Crippen molar-refractivity contribution in [1.82, 2.24) is 24.7 Å². The molecule has 136 valence electrons. The number of aromatic amines is 1. The Balaban J connectivity index is 1.93. The normalized spacial score (nSPS) is 10.4. The van der Waals surface area contributed by atoms with Crippen LogP contribution in [0.1, 0.15) is 21.7 Å². The number of anilines is 1. The van der Waals surface area contributed by atoms with E-state index in [1.54, 1.807) is 41.1 Å². The molecule has 0 aromatic carbocycles. The number of aromatic nitrogens is 5. The molecular weight excluding hydrogens is 364 g/mol. The number of nitrogens with one attached hydrogen (secondary N) is 2. The molecule has 3 aromatic rings. The molecule has 0 saturated heterocycles. The van der Waals surface area contributed by atoms with Crippen LogP contribution >= 0.6 is 11.6 Å². The van der Waals surface area contributed by atoms with Crippen molar-refractivity contribution in [3.63, 3.8) is 0 Å². The van der Waals surface area contributed by atoms with Crippen LogP contribution in [0.3, 0.4) is 0 Å². The molecule has 3 aromatic heterocycles. The van der Waals surface area contributed by atoms with E-state index in [4.69, 9.17) is 11.6 Å². The lowest BCUT2D eigenvalue weighted by molar-refractivity contribution is 0.102. The van der Waals surface area contributed by atoms with Crippen molar-refractivity contribution in [2.24, 2.45) is 0 Å². The van der Waals surface area contributed by atoms with E-state index in [0.29, 0.717) is 40.3 Å². The fourth-order valence-electron chi connectivity index (χ4n) is 2.46. The summed E-state index contributed by atoms with van der Waals surface area (Å²) in [7, 11) is 0. The lowest BCUT2D eigenvalue weighted by atomic mass is 10.2. The van der Waals surface area contributed by atoms with Gasteiger partial charge in [-0.2, -0.15) is 5.10 Å². The molecule has 0 fully saturated rings. The monoisotopic (exact) mass is 380 g/mol. The predicted molar refractivity (Wildman–Crippen MR) is 107 cm³/mol. The number of carbonyl (C=O) groups is 1. The van der Waals surface area contributed by atoms with Gasteiger partial charge in [0.25, 0.3) is 5.91 Å². The van der Waals surface area contributed by atoms with Gasteiger partial charge in [-0.25, -0.2) is 9.97 Å². The number of hydrogen-bond acceptors (Lipinski definition) is 4. The number of amides is 1. The molecule has 27 heavy (non-hydrogen) atoms. The molecule has 0 spiro atoms. The zero-order chi connectivity index (χ0) is 19.4. The molecule has 0 atom stereocenters. The number of imidazole rings is 1. The van der Waals surface area contributed by atoms with Crippen molar-refractivity contribution in [2.45, 2.75) is 6.54 Å². The van der Waals surface area contributed by atoms with Gasteiger partial charge in [-0.15, -0.1) is 6.58 Å². The fraction of sp³-hybridized carbons (Fsp3) is 0.0526. The summed E-state index contributed by atoms with van der Waals surface area (Å²) >= 11 is 5.75. The Morgan fingerprint density at radius 2 is 2.11 bits per heavy atom. The van der Waals surface area contributed by atoms with Crippen LogP contribution < -0.4 is 5.32 Å². The number of hydrogen-bond donors (Lipinski definition) is 2. The molecule has 0 aliphatic carbocycles. The molecule has 0 saturated carbocycles. The second-order valence-corrected chi connectivity index (χ2v) is 5.89. The van der Waals surface area contributed by atoms with Gasteiger partial charge in [0.2, 0.25) is 0 Å². The van der Waals surface area contributed by atoms with E-state index in [1.807, 2.05) is 0 Å². The van der Waals surface area contributed by atoms with Crippen molar-refractivity contribution in [3.05, 3.63) is 72.3 Å². The highest BCUT2D eigenvalue weighted by Gasteiger charge is 2.16. The smallest absolute Gasteiger partial charge is 0.258 e. The lowest BCUT2D eigenvalue weighted by Crippen LogP contribution is -2.13. The molecule has 3 heterocycles. The minimum atomic E-state index is -0.341. The van der Waals surface area contributed by atoms with Gasteiger partial charge in [0.1, 0.15) is 10.8 Å². The maximum absolute atomic E-state index is 12.4. The maximum Gasteiger partial charge on any atom is 0.258 e. The third kappa shape index (κ3) is 3.88. The third-order valence-electron chi connectivity index (χ3n) is 3.71. The first-order valence-electron chi connectivity index (χ1n) is 8.02. The van der Waals surface area contributed by atoms with E-state index in [0.717, 1.165) is 5.69 Å². The molecule has 0 aliphatic heterocycles. The Hall–Kier alpha value is -3.45. The highest BCUT2D eigenvalue weighted by atomic mass is 35.5. The molecule has 0 unspecified atom stereocenters. The van der Waals surface area contributed by atoms with Gasteiger partial charge in [-0.05, 0) is 24.3 Å². The number of nitrogens with zero attached hydrogens (tertiary/aromatic N) is 4. The summed E-state index contributed by atoms with van der Waals surface area (Å²) in [4.78, 5) is 23.9. The van der Waals surface area contributed by atoms with Gasteiger partial charge in [0.05, 0.1) is 23.5 Å². The SMILES string of the molecule is C=CCn1nc(NC(=O)c2ccc(Cl)nc2)cc1-c1nc(C=C)c(C=C)[nH]1. The average molecular weight is 381 g/mol. The van der Waals surface area contributed by atoms with Crippen LogP contribution in [-0.4, -0.2) is 30.6 Å². The zero-order valence-corrected chi connectivity index (χ0v) is 15.2. The number of carbonyl (C=O) groups excluding carboxylic acids is 1. The van der Waals surface area contributed by atoms with Crippen molar-refractivity contribution in [1.29, 1.82) is 0 Å². The Morgan fingerprint density at radius 1 is 1.30 bits per heavy atom. The summed E-state index contributed by atoms with van der Waals surface area (Å²) in [5.74, 6) is 0.623. The van der Waals surface area contributed by atoms with Gasteiger partial charge >= 0.3 is 0 Å². The topological polar surface area (TPSA) is 88.5 Å². The van der Waals surface area contributed by atoms with Crippen molar-refractivity contribution in [3.8, 4) is 11.5 Å². The first-order chi connectivity index (χ1) is 13.0. The standard InChI is InChI=1S/C19H17ClN6O/c1-4-9-26-15(18-22-13(5-2)14(6-3)23-18)10-17(25-26)24-19(27)12-7-8-16(20)21-11-12/h4-8,10-11H,1-3,9H2,(H,22,23)(H,24,25,27). The molecule has 2 N–H and O–H groups in total. The summed E-state index contributed by atoms with van der Waals surface area (Å²) in [5.41, 5.74) is 2.50. The van der Waals surface area contributed by atoms with Crippen LogP contribution in [0.25, 0.3) is 23.7 Å². The third-order valence-corrected chi connectivity index (χ3v) is 3.94. The van der Waals surface area contributed by atoms with Crippen molar-refractivity contribution < 1.29 is 4.79 Å². The Morgan fingerprint density at radius 3 is 2.70 bits per heavy atom. The Bertz CT molecular complexity index is 990. The van der Waals surface area contributed by atoms with Gasteiger partial charge in [-0.3, -0.25) is 9.48 Å². The van der Waals surface area contributed by atoms with Crippen LogP contribution in [0.5, 0.6) is 0 Å². The van der Waals surface area contributed by atoms with E-state index >= 15 is 0 Å². The second-order valence-electron chi connectivity index (χ2n) is 5.50. The molecule has 1 amide bonds.